The Morgan fingerprint density at radius 3 is 1.52 bits per heavy atom. The number of sulfonamides is 1. The van der Waals surface area contributed by atoms with Gasteiger partial charge in [0.15, 0.2) is 0 Å². The van der Waals surface area contributed by atoms with Crippen LogP contribution >= 0.6 is 15.9 Å². The molecule has 0 unspecified atom stereocenters. The molecular weight excluding hydrogens is 880 g/mol. The highest BCUT2D eigenvalue weighted by atomic mass is 79.9. The second-order valence-corrected chi connectivity index (χ2v) is 17.0. The summed E-state index contributed by atoms with van der Waals surface area (Å²) in [6.45, 7) is -1.73. The molecule has 6 rings (SSSR count). The highest BCUT2D eigenvalue weighted by molar-refractivity contribution is 9.10. The standard InChI is InChI=1S/C45H45BrN6O9S/c1-49(33-16-20-35(60-3)21-17-33)43(55)37(25-30-11-7-5-8-12-30)47-41(53)28-51-39-24-15-32(46)27-40(39)62(58,59)52(45(51)57)29-42(54)48-38(26-31-13-9-6-10-14-31)44(56)50(2)34-18-22-36(61-4)23-19-34/h5-24,27,37-38H,25-26,28-29H2,1-4H3,(H,47,53)(H,48,54)/t37-,38-/m0/s1. The molecule has 322 valence electrons. The highest BCUT2D eigenvalue weighted by Gasteiger charge is 2.44. The molecule has 0 aromatic heterocycles. The topological polar surface area (TPSA) is 175 Å². The molecule has 0 radical (unpaired) electrons. The van der Waals surface area contributed by atoms with Crippen LogP contribution in [0.3, 0.4) is 0 Å². The Morgan fingerprint density at radius 2 is 1.08 bits per heavy atom. The van der Waals surface area contributed by atoms with Gasteiger partial charge in [-0.3, -0.25) is 24.1 Å². The first kappa shape index (κ1) is 44.8. The van der Waals surface area contributed by atoms with Crippen LogP contribution in [0.1, 0.15) is 11.1 Å². The third-order valence-corrected chi connectivity index (χ3v) is 12.5. The fourth-order valence-corrected chi connectivity index (χ4v) is 8.93. The lowest BCUT2D eigenvalue weighted by molar-refractivity contribution is -0.127. The van der Waals surface area contributed by atoms with Gasteiger partial charge in [-0.05, 0) is 77.9 Å². The van der Waals surface area contributed by atoms with Gasteiger partial charge in [0.25, 0.3) is 10.0 Å². The zero-order valence-electron chi connectivity index (χ0n) is 34.4. The van der Waals surface area contributed by atoms with Crippen LogP contribution in [-0.4, -0.2) is 95.9 Å². The first-order valence-corrected chi connectivity index (χ1v) is 21.6. The summed E-state index contributed by atoms with van der Waals surface area (Å²) in [6.07, 6.45) is 0.145. The molecule has 1 aliphatic heterocycles. The molecule has 0 fully saturated rings. The quantitative estimate of drug-likeness (QED) is 0.135. The number of carbonyl (C=O) groups excluding carboxylic acids is 5. The minimum Gasteiger partial charge on any atom is -0.497 e. The van der Waals surface area contributed by atoms with Crippen molar-refractivity contribution in [3.05, 3.63) is 143 Å². The number of carbonyl (C=O) groups is 5. The van der Waals surface area contributed by atoms with E-state index in [4.69, 9.17) is 9.47 Å². The van der Waals surface area contributed by atoms with Crippen LogP contribution in [0.2, 0.25) is 0 Å². The van der Waals surface area contributed by atoms with E-state index in [2.05, 4.69) is 26.6 Å². The number of benzene rings is 5. The molecule has 1 aliphatic rings. The average Bonchev–Trinajstić information content (AvgIpc) is 3.28. The zero-order chi connectivity index (χ0) is 44.6. The van der Waals surface area contributed by atoms with Crippen LogP contribution < -0.4 is 34.8 Å². The number of halogens is 1. The maximum Gasteiger partial charge on any atom is 0.339 e. The van der Waals surface area contributed by atoms with E-state index >= 15 is 0 Å². The molecular formula is C45H45BrN6O9S. The SMILES string of the molecule is COc1ccc(N(C)C(=O)[C@H](Cc2ccccc2)NC(=O)CN2C(=O)N(CC(=O)N[C@@H](Cc3ccccc3)C(=O)N(C)c3ccc(OC)cc3)S(=O)(=O)c3cc(Br)ccc32)cc1. The van der Waals surface area contributed by atoms with Gasteiger partial charge < -0.3 is 29.9 Å². The number of nitrogens with zero attached hydrogens (tertiary/aromatic N) is 4. The maximum absolute atomic E-state index is 14.3. The number of fused-ring (bicyclic) bond motifs is 1. The lowest BCUT2D eigenvalue weighted by Gasteiger charge is -2.36. The number of urea groups is 1. The second-order valence-electron chi connectivity index (χ2n) is 14.3. The minimum absolute atomic E-state index is 0.0468. The summed E-state index contributed by atoms with van der Waals surface area (Å²) < 4.78 is 39.5. The summed E-state index contributed by atoms with van der Waals surface area (Å²) in [4.78, 5) is 73.5. The van der Waals surface area contributed by atoms with Gasteiger partial charge >= 0.3 is 6.03 Å². The van der Waals surface area contributed by atoms with Crippen molar-refractivity contribution in [1.29, 1.82) is 0 Å². The van der Waals surface area contributed by atoms with Crippen molar-refractivity contribution < 1.29 is 41.9 Å². The Bertz CT molecular complexity index is 2530. The van der Waals surface area contributed by atoms with E-state index in [9.17, 15) is 32.4 Å². The predicted octanol–water partition coefficient (Wildman–Crippen LogP) is 5.18. The summed E-state index contributed by atoms with van der Waals surface area (Å²) >= 11 is 3.30. The van der Waals surface area contributed by atoms with Gasteiger partial charge in [-0.25, -0.2) is 17.5 Å². The number of nitrogens with one attached hydrogen (secondary N) is 2. The molecule has 2 N–H and O–H groups in total. The molecule has 0 saturated heterocycles. The number of anilines is 3. The highest BCUT2D eigenvalue weighted by Crippen LogP contribution is 2.36. The number of rotatable bonds is 16. The molecule has 17 heteroatoms. The first-order valence-electron chi connectivity index (χ1n) is 19.3. The van der Waals surface area contributed by atoms with Crippen LogP contribution in [0.4, 0.5) is 21.9 Å². The van der Waals surface area contributed by atoms with Crippen LogP contribution in [0, 0.1) is 0 Å². The molecule has 0 spiro atoms. The summed E-state index contributed by atoms with van der Waals surface area (Å²) in [5, 5.41) is 5.42. The van der Waals surface area contributed by atoms with Gasteiger partial charge in [-0.1, -0.05) is 76.6 Å². The molecule has 15 nitrogen and oxygen atoms in total. The van der Waals surface area contributed by atoms with E-state index < -0.39 is 64.9 Å². The largest absolute Gasteiger partial charge is 0.497 e. The summed E-state index contributed by atoms with van der Waals surface area (Å²) in [6, 6.07) is 32.2. The third kappa shape index (κ3) is 10.4. The van der Waals surface area contributed by atoms with Crippen molar-refractivity contribution in [1.82, 2.24) is 14.9 Å². The summed E-state index contributed by atoms with van der Waals surface area (Å²) in [5.74, 6) is -1.52. The van der Waals surface area contributed by atoms with E-state index in [0.29, 0.717) is 37.2 Å². The normalized spacial score (nSPS) is 13.9. The zero-order valence-corrected chi connectivity index (χ0v) is 36.8. The summed E-state index contributed by atoms with van der Waals surface area (Å²) in [7, 11) is 1.47. The molecule has 5 aromatic rings. The van der Waals surface area contributed by atoms with Crippen molar-refractivity contribution in [3.63, 3.8) is 0 Å². The van der Waals surface area contributed by atoms with Gasteiger partial charge in [0.1, 0.15) is 41.6 Å². The first-order chi connectivity index (χ1) is 29.7. The molecule has 5 aromatic carbocycles. The number of methoxy groups -OCH3 is 2. The number of likely N-dealkylation sites (N-methyl/N-ethyl adjacent to an activating group) is 2. The number of hydrogen-bond donors (Lipinski definition) is 2. The van der Waals surface area contributed by atoms with Gasteiger partial charge in [0.2, 0.25) is 23.6 Å². The molecule has 0 aliphatic carbocycles. The van der Waals surface area contributed by atoms with E-state index in [-0.39, 0.29) is 23.4 Å². The fraction of sp³-hybridized carbons (Fsp3) is 0.222. The van der Waals surface area contributed by atoms with Gasteiger partial charge in [0.05, 0.1) is 19.9 Å². The number of hydrogen-bond acceptors (Lipinski definition) is 9. The average molecular weight is 926 g/mol. The smallest absolute Gasteiger partial charge is 0.339 e. The molecule has 6 amide bonds. The molecule has 0 bridgehead atoms. The van der Waals surface area contributed by atoms with Crippen LogP contribution in [0.25, 0.3) is 0 Å². The second kappa shape index (κ2) is 19.8. The van der Waals surface area contributed by atoms with E-state index in [1.165, 1.54) is 42.2 Å². The Hall–Kier alpha value is -6.72. The Balaban J connectivity index is 1.25. The number of ether oxygens (including phenoxy) is 2. The lowest BCUT2D eigenvalue weighted by Crippen LogP contribution is -2.58. The van der Waals surface area contributed by atoms with E-state index in [1.54, 1.807) is 105 Å². The molecule has 62 heavy (non-hydrogen) atoms. The third-order valence-electron chi connectivity index (χ3n) is 10.2. The number of amides is 6. The van der Waals surface area contributed by atoms with Gasteiger partial charge in [-0.15, -0.1) is 0 Å². The minimum atomic E-state index is -4.68. The fourth-order valence-electron chi connectivity index (χ4n) is 6.87. The van der Waals surface area contributed by atoms with Crippen molar-refractivity contribution >= 4 is 72.7 Å². The van der Waals surface area contributed by atoms with Crippen molar-refractivity contribution in [2.75, 3.05) is 56.1 Å². The Morgan fingerprint density at radius 1 is 0.645 bits per heavy atom. The predicted molar refractivity (Wildman–Crippen MR) is 238 cm³/mol. The Labute approximate surface area is 368 Å². The lowest BCUT2D eigenvalue weighted by atomic mass is 10.0. The molecule has 2 atom stereocenters. The van der Waals surface area contributed by atoms with Crippen LogP contribution in [-0.2, 0) is 42.0 Å². The molecule has 1 heterocycles. The van der Waals surface area contributed by atoms with Crippen molar-refractivity contribution in [2.45, 2.75) is 29.8 Å². The van der Waals surface area contributed by atoms with Gasteiger partial charge in [0, 0.05) is 42.8 Å². The molecule has 0 saturated carbocycles. The van der Waals surface area contributed by atoms with Crippen LogP contribution in [0.5, 0.6) is 11.5 Å². The van der Waals surface area contributed by atoms with Gasteiger partial charge in [-0.2, -0.15) is 0 Å². The van der Waals surface area contributed by atoms with Crippen LogP contribution in [0.15, 0.2) is 137 Å². The summed E-state index contributed by atoms with van der Waals surface area (Å²) in [5.41, 5.74) is 2.40. The Kier molecular flexibility index (Phi) is 14.3. The monoisotopic (exact) mass is 924 g/mol. The van der Waals surface area contributed by atoms with E-state index in [1.807, 2.05) is 18.2 Å². The van der Waals surface area contributed by atoms with Crippen molar-refractivity contribution in [2.24, 2.45) is 0 Å². The van der Waals surface area contributed by atoms with Crippen molar-refractivity contribution in [3.8, 4) is 11.5 Å². The maximum atomic E-state index is 14.3. The van der Waals surface area contributed by atoms with E-state index in [0.717, 1.165) is 10.5 Å².